The van der Waals surface area contributed by atoms with Crippen LogP contribution in [-0.2, 0) is 9.59 Å². The van der Waals surface area contributed by atoms with E-state index in [2.05, 4.69) is 22.3 Å². The Hall–Kier alpha value is -3.02. The van der Waals surface area contributed by atoms with Gasteiger partial charge in [0, 0.05) is 38.8 Å². The van der Waals surface area contributed by atoms with E-state index in [0.717, 1.165) is 24.3 Å². The quantitative estimate of drug-likeness (QED) is 0.728. The average molecular weight is 367 g/mol. The van der Waals surface area contributed by atoms with Crippen LogP contribution < -0.4 is 19.9 Å². The molecule has 1 heterocycles. The van der Waals surface area contributed by atoms with Gasteiger partial charge in [0.05, 0.1) is 5.69 Å². The van der Waals surface area contributed by atoms with Crippen molar-refractivity contribution in [3.63, 3.8) is 0 Å². The summed E-state index contributed by atoms with van der Waals surface area (Å²) in [5, 5.41) is 2.93. The number of ether oxygens (including phenoxy) is 1. The number of hydrogen-bond acceptors (Lipinski definition) is 4. The normalized spacial score (nSPS) is 12.9. The molecule has 1 aliphatic rings. The fourth-order valence-corrected chi connectivity index (χ4v) is 3.06. The zero-order chi connectivity index (χ0) is 19.1. The largest absolute Gasteiger partial charge is 0.482 e. The van der Waals surface area contributed by atoms with Crippen LogP contribution >= 0.6 is 0 Å². The molecule has 27 heavy (non-hydrogen) atoms. The minimum Gasteiger partial charge on any atom is -0.482 e. The lowest BCUT2D eigenvalue weighted by Gasteiger charge is -2.29. The van der Waals surface area contributed by atoms with E-state index >= 15 is 0 Å². The number of para-hydroxylation sites is 3. The fourth-order valence-electron chi connectivity index (χ4n) is 3.06. The third-order valence-corrected chi connectivity index (χ3v) is 4.56. The first-order valence-electron chi connectivity index (χ1n) is 9.20. The Morgan fingerprint density at radius 2 is 1.89 bits per heavy atom. The fraction of sp³-hybridized carbons (Fsp3) is 0.333. The molecule has 0 aliphatic carbocycles. The summed E-state index contributed by atoms with van der Waals surface area (Å²) in [4.78, 5) is 28.0. The second-order valence-electron chi connectivity index (χ2n) is 6.51. The number of benzene rings is 2. The maximum Gasteiger partial charge on any atom is 0.265 e. The number of amides is 2. The van der Waals surface area contributed by atoms with Crippen LogP contribution in [0.5, 0.6) is 5.75 Å². The van der Waals surface area contributed by atoms with Crippen LogP contribution in [0.3, 0.4) is 0 Å². The van der Waals surface area contributed by atoms with Crippen LogP contribution in [0.25, 0.3) is 0 Å². The topological polar surface area (TPSA) is 61.9 Å². The summed E-state index contributed by atoms with van der Waals surface area (Å²) in [5.41, 5.74) is 1.89. The lowest BCUT2D eigenvalue weighted by molar-refractivity contribution is -0.122. The molecule has 2 aromatic rings. The van der Waals surface area contributed by atoms with Crippen molar-refractivity contribution in [3.8, 4) is 5.75 Å². The number of hydrogen-bond donors (Lipinski definition) is 1. The van der Waals surface area contributed by atoms with Crippen molar-refractivity contribution in [3.05, 3.63) is 54.6 Å². The monoisotopic (exact) mass is 367 g/mol. The van der Waals surface area contributed by atoms with Gasteiger partial charge in [-0.1, -0.05) is 30.3 Å². The third kappa shape index (κ3) is 5.00. The zero-order valence-corrected chi connectivity index (χ0v) is 15.6. The summed E-state index contributed by atoms with van der Waals surface area (Å²) >= 11 is 0. The molecule has 0 spiro atoms. The van der Waals surface area contributed by atoms with E-state index in [1.165, 1.54) is 0 Å². The number of carbonyl (C=O) groups is 2. The van der Waals surface area contributed by atoms with Gasteiger partial charge in [0.25, 0.3) is 5.91 Å². The smallest absolute Gasteiger partial charge is 0.265 e. The van der Waals surface area contributed by atoms with Crippen LogP contribution in [0.1, 0.15) is 12.8 Å². The minimum absolute atomic E-state index is 0.0183. The Kier molecular flexibility index (Phi) is 6.30. The second kappa shape index (κ2) is 9.07. The summed E-state index contributed by atoms with van der Waals surface area (Å²) in [6.07, 6.45) is 1.13. The van der Waals surface area contributed by atoms with E-state index in [-0.39, 0.29) is 24.8 Å². The molecular weight excluding hydrogens is 342 g/mol. The van der Waals surface area contributed by atoms with Gasteiger partial charge in [-0.2, -0.15) is 0 Å². The molecule has 2 aromatic carbocycles. The highest BCUT2D eigenvalue weighted by molar-refractivity contribution is 5.98. The summed E-state index contributed by atoms with van der Waals surface area (Å²) in [6, 6.07) is 17.5. The molecule has 0 bridgehead atoms. The molecule has 0 saturated heterocycles. The average Bonchev–Trinajstić information content (AvgIpc) is 2.71. The van der Waals surface area contributed by atoms with E-state index in [4.69, 9.17) is 4.74 Å². The van der Waals surface area contributed by atoms with Gasteiger partial charge in [0.1, 0.15) is 5.75 Å². The van der Waals surface area contributed by atoms with E-state index in [9.17, 15) is 9.59 Å². The lowest BCUT2D eigenvalue weighted by Crippen LogP contribution is -2.41. The highest BCUT2D eigenvalue weighted by Crippen LogP contribution is 2.31. The molecule has 0 unspecified atom stereocenters. The Bertz CT molecular complexity index is 779. The first kappa shape index (κ1) is 18.8. The molecule has 0 radical (unpaired) electrons. The number of anilines is 2. The number of nitrogens with one attached hydrogen (secondary N) is 1. The van der Waals surface area contributed by atoms with Crippen molar-refractivity contribution in [2.75, 3.05) is 43.1 Å². The molecule has 0 saturated carbocycles. The summed E-state index contributed by atoms with van der Waals surface area (Å²) in [7, 11) is 2.04. The highest BCUT2D eigenvalue weighted by Gasteiger charge is 2.25. The molecule has 1 N–H and O–H groups in total. The molecule has 2 amide bonds. The molecule has 3 rings (SSSR count). The maximum atomic E-state index is 12.1. The van der Waals surface area contributed by atoms with Gasteiger partial charge in [0.15, 0.2) is 6.61 Å². The summed E-state index contributed by atoms with van der Waals surface area (Å²) < 4.78 is 5.41. The number of nitrogens with zero attached hydrogens (tertiary/aromatic N) is 2. The van der Waals surface area contributed by atoms with Crippen molar-refractivity contribution in [2.45, 2.75) is 12.8 Å². The zero-order valence-electron chi connectivity index (χ0n) is 15.6. The maximum absolute atomic E-state index is 12.1. The molecule has 6 nitrogen and oxygen atoms in total. The summed E-state index contributed by atoms with van der Waals surface area (Å²) in [6.45, 7) is 1.85. The Labute approximate surface area is 159 Å². The lowest BCUT2D eigenvalue weighted by atomic mass is 10.2. The van der Waals surface area contributed by atoms with Crippen molar-refractivity contribution >= 4 is 23.2 Å². The Morgan fingerprint density at radius 1 is 1.15 bits per heavy atom. The Morgan fingerprint density at radius 3 is 2.70 bits per heavy atom. The van der Waals surface area contributed by atoms with Gasteiger partial charge in [0.2, 0.25) is 5.91 Å². The van der Waals surface area contributed by atoms with Gasteiger partial charge >= 0.3 is 0 Å². The molecule has 0 fully saturated rings. The number of rotatable bonds is 8. The molecule has 1 aliphatic heterocycles. The van der Waals surface area contributed by atoms with Crippen LogP contribution in [0.2, 0.25) is 0 Å². The summed E-state index contributed by atoms with van der Waals surface area (Å²) in [5.74, 6) is 0.515. The molecule has 142 valence electrons. The van der Waals surface area contributed by atoms with Gasteiger partial charge in [-0.05, 0) is 30.7 Å². The van der Waals surface area contributed by atoms with Crippen LogP contribution in [-0.4, -0.2) is 45.1 Å². The van der Waals surface area contributed by atoms with E-state index in [0.29, 0.717) is 18.8 Å². The van der Waals surface area contributed by atoms with Crippen LogP contribution in [0.15, 0.2) is 54.6 Å². The van der Waals surface area contributed by atoms with Gasteiger partial charge in [-0.15, -0.1) is 0 Å². The first-order chi connectivity index (χ1) is 13.1. The number of fused-ring (bicyclic) bond motifs is 1. The van der Waals surface area contributed by atoms with Gasteiger partial charge in [-0.25, -0.2) is 0 Å². The highest BCUT2D eigenvalue weighted by atomic mass is 16.5. The van der Waals surface area contributed by atoms with E-state index in [1.807, 2.05) is 49.5 Å². The number of carbonyl (C=O) groups excluding carboxylic acids is 2. The minimum atomic E-state index is -0.119. The van der Waals surface area contributed by atoms with E-state index in [1.54, 1.807) is 4.90 Å². The Balaban J connectivity index is 1.39. The molecule has 0 aromatic heterocycles. The first-order valence-corrected chi connectivity index (χ1v) is 9.20. The standard InChI is InChI=1S/C21H25N3O3/c1-23(17-8-3-2-4-9-17)14-7-13-22-20(25)12-15-24-18-10-5-6-11-19(18)27-16-21(24)26/h2-6,8-11H,7,12-16H2,1H3,(H,22,25). The van der Waals surface area contributed by atoms with Gasteiger partial charge in [-0.3, -0.25) is 9.59 Å². The van der Waals surface area contributed by atoms with Crippen molar-refractivity contribution < 1.29 is 14.3 Å². The van der Waals surface area contributed by atoms with Gasteiger partial charge < -0.3 is 19.9 Å². The predicted molar refractivity (Wildman–Crippen MR) is 106 cm³/mol. The molecule has 0 atom stereocenters. The van der Waals surface area contributed by atoms with Crippen molar-refractivity contribution in [2.24, 2.45) is 0 Å². The SMILES string of the molecule is CN(CCCNC(=O)CCN1C(=O)COc2ccccc21)c1ccccc1. The second-order valence-corrected chi connectivity index (χ2v) is 6.51. The predicted octanol–water partition coefficient (Wildman–Crippen LogP) is 2.44. The molecule has 6 heteroatoms. The molecular formula is C21H25N3O3. The van der Waals surface area contributed by atoms with Crippen molar-refractivity contribution in [1.82, 2.24) is 5.32 Å². The van der Waals surface area contributed by atoms with Crippen LogP contribution in [0, 0.1) is 0 Å². The van der Waals surface area contributed by atoms with Crippen molar-refractivity contribution in [1.29, 1.82) is 0 Å². The van der Waals surface area contributed by atoms with E-state index < -0.39 is 0 Å². The van der Waals surface area contributed by atoms with Crippen LogP contribution in [0.4, 0.5) is 11.4 Å². The third-order valence-electron chi connectivity index (χ3n) is 4.56.